The molecule has 7 nitrogen and oxygen atoms in total. The number of nitro groups is 1. The minimum atomic E-state index is -0.498. The first-order valence-corrected chi connectivity index (χ1v) is 5.66. The molecule has 1 saturated heterocycles. The van der Waals surface area contributed by atoms with E-state index in [1.807, 2.05) is 4.90 Å². The molecule has 0 aromatic carbocycles. The summed E-state index contributed by atoms with van der Waals surface area (Å²) in [6, 6.07) is 0.0438. The van der Waals surface area contributed by atoms with Gasteiger partial charge >= 0.3 is 5.69 Å². The molecule has 17 heavy (non-hydrogen) atoms. The highest BCUT2D eigenvalue weighted by molar-refractivity contribution is 5.83. The Morgan fingerprint density at radius 3 is 2.76 bits per heavy atom. The Balaban J connectivity index is 1.79. The van der Waals surface area contributed by atoms with Crippen LogP contribution in [0.3, 0.4) is 0 Å². The SMILES string of the molecule is O=C1C(n2cc([N+](=O)[O-])cn2)CCN1C1CC1. The zero-order valence-electron chi connectivity index (χ0n) is 9.15. The van der Waals surface area contributed by atoms with Gasteiger partial charge in [0.1, 0.15) is 18.4 Å². The van der Waals surface area contributed by atoms with Crippen molar-refractivity contribution in [1.29, 1.82) is 0 Å². The summed E-state index contributed by atoms with van der Waals surface area (Å²) >= 11 is 0. The molecule has 1 aromatic rings. The van der Waals surface area contributed by atoms with E-state index in [0.29, 0.717) is 12.5 Å². The van der Waals surface area contributed by atoms with Gasteiger partial charge in [-0.3, -0.25) is 19.6 Å². The monoisotopic (exact) mass is 236 g/mol. The van der Waals surface area contributed by atoms with E-state index in [1.165, 1.54) is 17.1 Å². The van der Waals surface area contributed by atoms with E-state index >= 15 is 0 Å². The van der Waals surface area contributed by atoms with E-state index in [4.69, 9.17) is 0 Å². The van der Waals surface area contributed by atoms with Crippen molar-refractivity contribution in [3.05, 3.63) is 22.5 Å². The maximum Gasteiger partial charge on any atom is 0.307 e. The highest BCUT2D eigenvalue weighted by Crippen LogP contribution is 2.34. The molecule has 7 heteroatoms. The van der Waals surface area contributed by atoms with Gasteiger partial charge in [-0.2, -0.15) is 5.10 Å². The van der Waals surface area contributed by atoms with Crippen LogP contribution in [-0.2, 0) is 4.79 Å². The molecule has 1 aromatic heterocycles. The van der Waals surface area contributed by atoms with Gasteiger partial charge in [-0.25, -0.2) is 0 Å². The Labute approximate surface area is 97.2 Å². The predicted octanol–water partition coefficient (Wildman–Crippen LogP) is 0.727. The van der Waals surface area contributed by atoms with Gasteiger partial charge in [-0.05, 0) is 19.3 Å². The summed E-state index contributed by atoms with van der Waals surface area (Å²) in [6.07, 6.45) is 5.37. The average molecular weight is 236 g/mol. The van der Waals surface area contributed by atoms with E-state index in [9.17, 15) is 14.9 Å². The molecule has 2 heterocycles. The van der Waals surface area contributed by atoms with Crippen LogP contribution in [0.2, 0.25) is 0 Å². The van der Waals surface area contributed by atoms with Gasteiger partial charge in [0.25, 0.3) is 0 Å². The molecule has 1 amide bonds. The van der Waals surface area contributed by atoms with Crippen molar-refractivity contribution in [2.75, 3.05) is 6.54 Å². The molecule has 0 radical (unpaired) electrons. The van der Waals surface area contributed by atoms with Crippen molar-refractivity contribution < 1.29 is 9.72 Å². The van der Waals surface area contributed by atoms with Gasteiger partial charge in [0.2, 0.25) is 5.91 Å². The Morgan fingerprint density at radius 1 is 1.41 bits per heavy atom. The van der Waals surface area contributed by atoms with Crippen molar-refractivity contribution >= 4 is 11.6 Å². The van der Waals surface area contributed by atoms with E-state index < -0.39 is 4.92 Å². The number of nitrogens with zero attached hydrogens (tertiary/aromatic N) is 4. The van der Waals surface area contributed by atoms with Gasteiger partial charge in [0.15, 0.2) is 0 Å². The lowest BCUT2D eigenvalue weighted by molar-refractivity contribution is -0.385. The topological polar surface area (TPSA) is 81.3 Å². The van der Waals surface area contributed by atoms with E-state index in [2.05, 4.69) is 5.10 Å². The average Bonchev–Trinajstić information content (AvgIpc) is 2.88. The first-order valence-electron chi connectivity index (χ1n) is 5.66. The van der Waals surface area contributed by atoms with E-state index in [-0.39, 0.29) is 17.6 Å². The van der Waals surface area contributed by atoms with Gasteiger partial charge in [0.05, 0.1) is 4.92 Å². The molecule has 1 aliphatic carbocycles. The number of aromatic nitrogens is 2. The first-order chi connectivity index (χ1) is 8.16. The van der Waals surface area contributed by atoms with E-state index in [1.54, 1.807) is 0 Å². The Hall–Kier alpha value is -1.92. The Kier molecular flexibility index (Phi) is 2.13. The number of likely N-dealkylation sites (tertiary alicyclic amines) is 1. The highest BCUT2D eigenvalue weighted by atomic mass is 16.6. The summed E-state index contributed by atoms with van der Waals surface area (Å²) in [4.78, 5) is 24.0. The van der Waals surface area contributed by atoms with Crippen LogP contribution in [0, 0.1) is 10.1 Å². The van der Waals surface area contributed by atoms with Crippen molar-refractivity contribution in [2.24, 2.45) is 0 Å². The minimum Gasteiger partial charge on any atom is -0.338 e. The lowest BCUT2D eigenvalue weighted by Gasteiger charge is -2.15. The zero-order chi connectivity index (χ0) is 12.0. The number of carbonyl (C=O) groups is 1. The van der Waals surface area contributed by atoms with Crippen molar-refractivity contribution in [3.63, 3.8) is 0 Å². The second-order valence-corrected chi connectivity index (χ2v) is 4.50. The molecule has 0 N–H and O–H groups in total. The van der Waals surface area contributed by atoms with Crippen molar-refractivity contribution in [1.82, 2.24) is 14.7 Å². The maximum absolute atomic E-state index is 12.1. The summed E-state index contributed by atoms with van der Waals surface area (Å²) in [5, 5.41) is 14.5. The summed E-state index contributed by atoms with van der Waals surface area (Å²) in [6.45, 7) is 0.738. The Bertz CT molecular complexity index is 480. The van der Waals surface area contributed by atoms with Crippen LogP contribution in [-0.4, -0.2) is 38.1 Å². The fourth-order valence-corrected chi connectivity index (χ4v) is 2.27. The smallest absolute Gasteiger partial charge is 0.307 e. The standard InChI is InChI=1S/C10H12N4O3/c15-10-9(3-4-12(10)7-1-2-7)13-6-8(5-11-13)14(16)17/h5-7,9H,1-4H2. The summed E-state index contributed by atoms with van der Waals surface area (Å²) in [5.41, 5.74) is -0.0670. The quantitative estimate of drug-likeness (QED) is 0.572. The molecular formula is C10H12N4O3. The van der Waals surface area contributed by atoms with Gasteiger partial charge in [-0.15, -0.1) is 0 Å². The number of hydrogen-bond acceptors (Lipinski definition) is 4. The van der Waals surface area contributed by atoms with Crippen LogP contribution in [0.25, 0.3) is 0 Å². The number of carbonyl (C=O) groups excluding carboxylic acids is 1. The van der Waals surface area contributed by atoms with Gasteiger partial charge in [0, 0.05) is 12.6 Å². The maximum atomic E-state index is 12.1. The predicted molar refractivity (Wildman–Crippen MR) is 57.3 cm³/mol. The fourth-order valence-electron chi connectivity index (χ4n) is 2.27. The lowest BCUT2D eigenvalue weighted by Crippen LogP contribution is -2.30. The highest BCUT2D eigenvalue weighted by Gasteiger charge is 2.41. The van der Waals surface area contributed by atoms with Gasteiger partial charge in [-0.1, -0.05) is 0 Å². The normalized spacial score (nSPS) is 24.4. The first kappa shape index (κ1) is 10.2. The second-order valence-electron chi connectivity index (χ2n) is 4.50. The molecule has 0 bridgehead atoms. The van der Waals surface area contributed by atoms with Crippen LogP contribution in [0.15, 0.2) is 12.4 Å². The molecular weight excluding hydrogens is 224 g/mol. The van der Waals surface area contributed by atoms with Crippen LogP contribution in [0.1, 0.15) is 25.3 Å². The Morgan fingerprint density at radius 2 is 2.18 bits per heavy atom. The van der Waals surface area contributed by atoms with Crippen molar-refractivity contribution in [2.45, 2.75) is 31.3 Å². The molecule has 2 aliphatic rings. The van der Waals surface area contributed by atoms with Crippen LogP contribution in [0.5, 0.6) is 0 Å². The van der Waals surface area contributed by atoms with Gasteiger partial charge < -0.3 is 4.90 Å². The molecule has 1 saturated carbocycles. The molecule has 1 atom stereocenters. The molecule has 1 aliphatic heterocycles. The molecule has 2 fully saturated rings. The van der Waals surface area contributed by atoms with Crippen LogP contribution in [0.4, 0.5) is 5.69 Å². The zero-order valence-corrected chi connectivity index (χ0v) is 9.15. The fraction of sp³-hybridized carbons (Fsp3) is 0.600. The largest absolute Gasteiger partial charge is 0.338 e. The third-order valence-electron chi connectivity index (χ3n) is 3.32. The van der Waals surface area contributed by atoms with Crippen LogP contribution < -0.4 is 0 Å². The molecule has 90 valence electrons. The number of rotatable bonds is 3. The van der Waals surface area contributed by atoms with Crippen molar-refractivity contribution in [3.8, 4) is 0 Å². The summed E-state index contributed by atoms with van der Waals surface area (Å²) in [5.74, 6) is 0.0468. The second kappa shape index (κ2) is 3.54. The summed E-state index contributed by atoms with van der Waals surface area (Å²) in [7, 11) is 0. The third kappa shape index (κ3) is 1.67. The summed E-state index contributed by atoms with van der Waals surface area (Å²) < 4.78 is 1.42. The third-order valence-corrected chi connectivity index (χ3v) is 3.32. The molecule has 3 rings (SSSR count). The lowest BCUT2D eigenvalue weighted by atomic mass is 10.2. The van der Waals surface area contributed by atoms with Crippen LogP contribution >= 0.6 is 0 Å². The molecule has 1 unspecified atom stereocenters. The minimum absolute atomic E-state index is 0.0468. The molecule has 0 spiro atoms. The number of amides is 1. The number of hydrogen-bond donors (Lipinski definition) is 0. The van der Waals surface area contributed by atoms with E-state index in [0.717, 1.165) is 19.4 Å².